The number of hydrogen-bond donors (Lipinski definition) is 1. The van der Waals surface area contributed by atoms with E-state index in [0.29, 0.717) is 36.2 Å². The molecule has 2 fully saturated rings. The summed E-state index contributed by atoms with van der Waals surface area (Å²) in [5.41, 5.74) is 0.884. The molecular weight excluding hydrogens is 386 g/mol. The van der Waals surface area contributed by atoms with Gasteiger partial charge in [-0.05, 0) is 43.2 Å². The lowest BCUT2D eigenvalue weighted by molar-refractivity contribution is -0.157. The zero-order chi connectivity index (χ0) is 21.1. The van der Waals surface area contributed by atoms with E-state index in [0.717, 1.165) is 37.7 Å². The zero-order valence-corrected chi connectivity index (χ0v) is 17.1. The van der Waals surface area contributed by atoms with Crippen LogP contribution in [-0.2, 0) is 9.59 Å². The molecule has 2 unspecified atom stereocenters. The van der Waals surface area contributed by atoms with Crippen molar-refractivity contribution in [3.05, 3.63) is 30.4 Å². The molecule has 4 rings (SSSR count). The van der Waals surface area contributed by atoms with E-state index in [2.05, 4.69) is 15.1 Å². The van der Waals surface area contributed by atoms with Crippen LogP contribution in [0.4, 0.5) is 0 Å². The molecule has 1 saturated carbocycles. The molecular formula is C21H27N5O4. The van der Waals surface area contributed by atoms with Gasteiger partial charge in [-0.3, -0.25) is 19.8 Å². The minimum Gasteiger partial charge on any atom is -0.337 e. The number of pyridine rings is 1. The Labute approximate surface area is 175 Å². The number of amides is 2. The molecule has 0 radical (unpaired) electrons. The standard InChI is InChI=1S/C21H27N5O4/c1-2-3-5-16(12-25(29)14-27)20(28)26-13-21(7-8-21)10-17(26)19-23-18(24-30-19)15-6-4-9-22-11-15/h4,6,9,11,14,16-17,29H,2-3,5,7-8,10,12-13H2,1H3. The third kappa shape index (κ3) is 4.21. The largest absolute Gasteiger partial charge is 0.337 e. The summed E-state index contributed by atoms with van der Waals surface area (Å²) in [6, 6.07) is 3.38. The topological polar surface area (TPSA) is 113 Å². The molecule has 2 aliphatic rings. The Bertz CT molecular complexity index is 883. The molecule has 1 aliphatic carbocycles. The Morgan fingerprint density at radius 2 is 2.33 bits per heavy atom. The summed E-state index contributed by atoms with van der Waals surface area (Å²) in [4.78, 5) is 34.8. The number of hydroxylamine groups is 2. The second-order valence-corrected chi connectivity index (χ2v) is 8.45. The summed E-state index contributed by atoms with van der Waals surface area (Å²) in [6.45, 7) is 2.69. The molecule has 9 nitrogen and oxygen atoms in total. The highest BCUT2D eigenvalue weighted by atomic mass is 16.5. The van der Waals surface area contributed by atoms with Crippen molar-refractivity contribution in [2.75, 3.05) is 13.1 Å². The molecule has 2 amide bonds. The van der Waals surface area contributed by atoms with Crippen molar-refractivity contribution < 1.29 is 19.3 Å². The van der Waals surface area contributed by atoms with Gasteiger partial charge in [-0.2, -0.15) is 4.98 Å². The van der Waals surface area contributed by atoms with Crippen LogP contribution in [-0.4, -0.2) is 55.7 Å². The molecule has 1 saturated heterocycles. The first kappa shape index (κ1) is 20.5. The SMILES string of the molecule is CCCCC(CN(O)C=O)C(=O)N1CC2(CC2)CC1c1nc(-c2cccnc2)no1. The van der Waals surface area contributed by atoms with Crippen LogP contribution in [0, 0.1) is 11.3 Å². The average Bonchev–Trinajstić information content (AvgIpc) is 3.18. The van der Waals surface area contributed by atoms with Crippen LogP contribution in [0.15, 0.2) is 29.0 Å². The molecule has 2 atom stereocenters. The number of hydrogen-bond acceptors (Lipinski definition) is 7. The van der Waals surface area contributed by atoms with Crippen LogP contribution < -0.4 is 0 Å². The molecule has 0 aromatic carbocycles. The molecule has 160 valence electrons. The van der Waals surface area contributed by atoms with Gasteiger partial charge in [-0.25, -0.2) is 5.06 Å². The Morgan fingerprint density at radius 3 is 3.00 bits per heavy atom. The predicted octanol–water partition coefficient (Wildman–Crippen LogP) is 2.84. The van der Waals surface area contributed by atoms with Gasteiger partial charge in [0, 0.05) is 24.5 Å². The van der Waals surface area contributed by atoms with Gasteiger partial charge in [0.2, 0.25) is 24.0 Å². The first-order chi connectivity index (χ1) is 14.5. The van der Waals surface area contributed by atoms with Gasteiger partial charge >= 0.3 is 0 Å². The van der Waals surface area contributed by atoms with Gasteiger partial charge in [-0.15, -0.1) is 0 Å². The van der Waals surface area contributed by atoms with Crippen molar-refractivity contribution in [2.24, 2.45) is 11.3 Å². The van der Waals surface area contributed by atoms with Crippen molar-refractivity contribution >= 4 is 12.3 Å². The van der Waals surface area contributed by atoms with Gasteiger partial charge in [0.1, 0.15) is 6.04 Å². The van der Waals surface area contributed by atoms with E-state index < -0.39 is 5.92 Å². The van der Waals surface area contributed by atoms with Gasteiger partial charge < -0.3 is 9.42 Å². The fourth-order valence-electron chi connectivity index (χ4n) is 4.28. The Morgan fingerprint density at radius 1 is 1.50 bits per heavy atom. The number of carbonyl (C=O) groups is 2. The van der Waals surface area contributed by atoms with Crippen molar-refractivity contribution in [3.63, 3.8) is 0 Å². The molecule has 30 heavy (non-hydrogen) atoms. The number of nitrogens with zero attached hydrogens (tertiary/aromatic N) is 5. The van der Waals surface area contributed by atoms with Gasteiger partial charge in [0.15, 0.2) is 0 Å². The molecule has 1 spiro atoms. The van der Waals surface area contributed by atoms with E-state index in [-0.39, 0.29) is 23.9 Å². The maximum atomic E-state index is 13.5. The Balaban J connectivity index is 1.57. The molecule has 2 aromatic rings. The van der Waals surface area contributed by atoms with Gasteiger partial charge in [0.25, 0.3) is 0 Å². The molecule has 1 N–H and O–H groups in total. The quantitative estimate of drug-likeness (QED) is 0.382. The van der Waals surface area contributed by atoms with E-state index in [4.69, 9.17) is 4.52 Å². The average molecular weight is 413 g/mol. The summed E-state index contributed by atoms with van der Waals surface area (Å²) in [5, 5.41) is 14.3. The molecule has 2 aromatic heterocycles. The van der Waals surface area contributed by atoms with E-state index in [1.165, 1.54) is 0 Å². The second kappa shape index (κ2) is 8.51. The van der Waals surface area contributed by atoms with Crippen LogP contribution in [0.25, 0.3) is 11.4 Å². The van der Waals surface area contributed by atoms with E-state index >= 15 is 0 Å². The van der Waals surface area contributed by atoms with Crippen molar-refractivity contribution in [1.82, 2.24) is 25.1 Å². The molecule has 9 heteroatoms. The third-order valence-corrected chi connectivity index (χ3v) is 6.18. The maximum Gasteiger partial charge on any atom is 0.249 e. The normalized spacial score (nSPS) is 20.3. The number of carbonyl (C=O) groups excluding carboxylic acids is 2. The van der Waals surface area contributed by atoms with Gasteiger partial charge in [-0.1, -0.05) is 24.9 Å². The lowest BCUT2D eigenvalue weighted by Gasteiger charge is -2.28. The highest BCUT2D eigenvalue weighted by Gasteiger charge is 2.55. The van der Waals surface area contributed by atoms with E-state index in [9.17, 15) is 14.8 Å². The van der Waals surface area contributed by atoms with Crippen LogP contribution in [0.3, 0.4) is 0 Å². The van der Waals surface area contributed by atoms with Crippen molar-refractivity contribution in [2.45, 2.75) is 51.5 Å². The van der Waals surface area contributed by atoms with Crippen LogP contribution in [0.5, 0.6) is 0 Å². The Hall–Kier alpha value is -2.81. The summed E-state index contributed by atoms with van der Waals surface area (Å²) in [5.74, 6) is 0.347. The maximum absolute atomic E-state index is 13.5. The van der Waals surface area contributed by atoms with Crippen LogP contribution in [0.2, 0.25) is 0 Å². The predicted molar refractivity (Wildman–Crippen MR) is 106 cm³/mol. The second-order valence-electron chi connectivity index (χ2n) is 8.45. The van der Waals surface area contributed by atoms with Crippen molar-refractivity contribution in [1.29, 1.82) is 0 Å². The highest BCUT2D eigenvalue weighted by Crippen LogP contribution is 2.58. The third-order valence-electron chi connectivity index (χ3n) is 6.18. The minimum absolute atomic E-state index is 0.0106. The summed E-state index contributed by atoms with van der Waals surface area (Å²) in [6.07, 6.45) is 9.04. The zero-order valence-electron chi connectivity index (χ0n) is 17.1. The number of unbranched alkanes of at least 4 members (excludes halogenated alkanes) is 1. The minimum atomic E-state index is -0.461. The van der Waals surface area contributed by atoms with Gasteiger partial charge in [0.05, 0.1) is 12.5 Å². The summed E-state index contributed by atoms with van der Waals surface area (Å²) in [7, 11) is 0. The summed E-state index contributed by atoms with van der Waals surface area (Å²) < 4.78 is 5.57. The van der Waals surface area contributed by atoms with E-state index in [1.54, 1.807) is 12.4 Å². The highest BCUT2D eigenvalue weighted by molar-refractivity contribution is 5.80. The number of likely N-dealkylation sites (tertiary alicyclic amines) is 1. The number of aromatic nitrogens is 3. The number of rotatable bonds is 9. The first-order valence-corrected chi connectivity index (χ1v) is 10.5. The van der Waals surface area contributed by atoms with E-state index in [1.807, 2.05) is 24.0 Å². The Kier molecular flexibility index (Phi) is 5.80. The molecule has 0 bridgehead atoms. The monoisotopic (exact) mass is 413 g/mol. The van der Waals surface area contributed by atoms with Crippen LogP contribution in [0.1, 0.15) is 57.4 Å². The fourth-order valence-corrected chi connectivity index (χ4v) is 4.28. The van der Waals surface area contributed by atoms with Crippen molar-refractivity contribution in [3.8, 4) is 11.4 Å². The molecule has 1 aliphatic heterocycles. The summed E-state index contributed by atoms with van der Waals surface area (Å²) >= 11 is 0. The fraction of sp³-hybridized carbons (Fsp3) is 0.571. The van der Waals surface area contributed by atoms with Crippen LogP contribution >= 0.6 is 0 Å². The lowest BCUT2D eigenvalue weighted by Crippen LogP contribution is -2.41. The lowest BCUT2D eigenvalue weighted by atomic mass is 9.99. The smallest absolute Gasteiger partial charge is 0.249 e. The first-order valence-electron chi connectivity index (χ1n) is 10.5. The molecule has 3 heterocycles.